The molecule has 0 saturated heterocycles. The Balaban J connectivity index is -0.0000000111. The van der Waals surface area contributed by atoms with Crippen LogP contribution in [0.4, 0.5) is 0 Å². The van der Waals surface area contributed by atoms with Gasteiger partial charge in [0.2, 0.25) is 0 Å². The van der Waals surface area contributed by atoms with Crippen molar-refractivity contribution in [2.45, 2.75) is 0 Å². The Morgan fingerprint density at radius 3 is 0.500 bits per heavy atom. The maximum atomic E-state index is 8.24. The van der Waals surface area contributed by atoms with Crippen LogP contribution < -0.4 is 76.9 Å². The Morgan fingerprint density at radius 1 is 0.500 bits per heavy atom. The van der Waals surface area contributed by atoms with Crippen LogP contribution in [0.25, 0.3) is 0 Å². The van der Waals surface area contributed by atoms with Crippen molar-refractivity contribution in [1.82, 2.24) is 0 Å². The van der Waals surface area contributed by atoms with Crippen LogP contribution in [-0.2, 0) is 34.1 Å². The molecule has 1 radical (unpaired) electrons. The quantitative estimate of drug-likeness (QED) is 0.292. The second-order valence-corrected chi connectivity index (χ2v) is 0.456. The Labute approximate surface area is 166 Å². The second kappa shape index (κ2) is 217. The Bertz CT molecular complexity index is 217. The molecule has 0 aromatic rings. The van der Waals surface area contributed by atoms with Crippen molar-refractivity contribution in [3.05, 3.63) is 0 Å². The van der Waals surface area contributed by atoms with Crippen molar-refractivity contribution in [2.24, 2.45) is 0 Å². The fourth-order valence-electron chi connectivity index (χ4n) is 0. The van der Waals surface area contributed by atoms with Gasteiger partial charge >= 0.3 is 85.5 Å². The van der Waals surface area contributed by atoms with Gasteiger partial charge < -0.3 is 25.5 Å². The molecule has 0 aromatic carbocycles. The summed E-state index contributed by atoms with van der Waals surface area (Å²) in [6.45, 7) is 0. The predicted octanol–water partition coefficient (Wildman–Crippen LogP) is -8.86. The Hall–Kier alpha value is -0.875. The van der Waals surface area contributed by atoms with Crippen molar-refractivity contribution < 1.29 is 111 Å². The molecule has 0 aliphatic heterocycles. The van der Waals surface area contributed by atoms with E-state index in [1.165, 1.54) is 0 Å². The molecule has 0 spiro atoms. The standard InChI is InChI=1S/5CHNO.Fe.K.Mn/c5*2-1-3;;;/h5*3H;;;/q;;;;;+2;+1;+2/p-5. The maximum absolute atomic E-state index is 8.24. The molecule has 91 valence electrons. The molecule has 10 nitrogen and oxygen atoms in total. The summed E-state index contributed by atoms with van der Waals surface area (Å²) >= 11 is 0. The molecular weight excluding hydrogens is 360 g/mol. The molecular formula is C5FeKMnN5O5. The Morgan fingerprint density at radius 2 is 0.500 bits per heavy atom. The molecule has 0 unspecified atom stereocenters. The van der Waals surface area contributed by atoms with Gasteiger partial charge in [0.15, 0.2) is 0 Å². The van der Waals surface area contributed by atoms with E-state index in [4.69, 9.17) is 51.8 Å². The van der Waals surface area contributed by atoms with E-state index in [-0.39, 0.29) is 85.5 Å². The van der Waals surface area contributed by atoms with Crippen molar-refractivity contribution in [1.29, 1.82) is 26.3 Å². The minimum absolute atomic E-state index is 0. The van der Waals surface area contributed by atoms with Crippen LogP contribution in [0.2, 0.25) is 0 Å². The largest absolute Gasteiger partial charge is 2.00 e. The second-order valence-electron chi connectivity index (χ2n) is 0.456. The number of hydrogen-bond donors (Lipinski definition) is 0. The Kier molecular flexibility index (Phi) is 644. The number of hydrogen-bond acceptors (Lipinski definition) is 10. The van der Waals surface area contributed by atoms with Gasteiger partial charge in [-0.25, -0.2) is 26.3 Å². The zero-order valence-corrected chi connectivity index (χ0v) is 13.9. The first-order valence-corrected chi connectivity index (χ1v) is 2.14. The van der Waals surface area contributed by atoms with Gasteiger partial charge in [-0.05, 0) is 0 Å². The molecule has 0 fully saturated rings. The van der Waals surface area contributed by atoms with Gasteiger partial charge in [0, 0.05) is 31.3 Å². The summed E-state index contributed by atoms with van der Waals surface area (Å²) in [6, 6.07) is 0. The normalized spacial score (nSPS) is 1.94. The molecule has 0 aliphatic carbocycles. The summed E-state index contributed by atoms with van der Waals surface area (Å²) in [5.41, 5.74) is 0. The third kappa shape index (κ3) is 3940. The van der Waals surface area contributed by atoms with Crippen LogP contribution in [0.3, 0.4) is 0 Å². The van der Waals surface area contributed by atoms with E-state index < -0.39 is 0 Å². The van der Waals surface area contributed by atoms with E-state index in [1.807, 2.05) is 0 Å². The van der Waals surface area contributed by atoms with Crippen molar-refractivity contribution in [3.8, 4) is 31.3 Å². The topological polar surface area (TPSA) is 234 Å². The van der Waals surface area contributed by atoms with Gasteiger partial charge in [-0.2, -0.15) is 0 Å². The molecule has 0 saturated carbocycles. The molecule has 0 bridgehead atoms. The van der Waals surface area contributed by atoms with E-state index >= 15 is 0 Å². The first kappa shape index (κ1) is 53.5. The van der Waals surface area contributed by atoms with Gasteiger partial charge in [-0.1, -0.05) is 0 Å². The van der Waals surface area contributed by atoms with Gasteiger partial charge in [-0.3, -0.25) is 0 Å². The molecule has 13 heteroatoms. The number of nitrogens with zero attached hydrogens (tertiary/aromatic N) is 5. The summed E-state index contributed by atoms with van der Waals surface area (Å²) in [7, 11) is 0. The third-order valence-corrected chi connectivity index (χ3v) is 0. The fourth-order valence-corrected chi connectivity index (χ4v) is 0. The summed E-state index contributed by atoms with van der Waals surface area (Å²) in [5.74, 6) is 0. The average Bonchev–Trinajstić information content (AvgIpc) is 2.09. The van der Waals surface area contributed by atoms with E-state index in [1.54, 1.807) is 0 Å². The number of nitriles is 5. The molecule has 0 heterocycles. The van der Waals surface area contributed by atoms with Crippen molar-refractivity contribution >= 4 is 0 Å². The van der Waals surface area contributed by atoms with Gasteiger partial charge in [0.05, 0.1) is 0 Å². The predicted molar refractivity (Wildman–Crippen MR) is 28.1 cm³/mol. The van der Waals surface area contributed by atoms with Crippen LogP contribution in [0.15, 0.2) is 0 Å². The number of rotatable bonds is 0. The summed E-state index contributed by atoms with van der Waals surface area (Å²) in [4.78, 5) is 0. The van der Waals surface area contributed by atoms with E-state index in [2.05, 4.69) is 0 Å². The maximum Gasteiger partial charge on any atom is 2.00 e. The smallest absolute Gasteiger partial charge is 0.812 e. The summed E-state index contributed by atoms with van der Waals surface area (Å²) in [6.07, 6.45) is 2.50. The summed E-state index contributed by atoms with van der Waals surface area (Å²) in [5, 5.41) is 75.0. The van der Waals surface area contributed by atoms with Crippen LogP contribution in [0.1, 0.15) is 0 Å². The van der Waals surface area contributed by atoms with E-state index in [0.717, 1.165) is 0 Å². The molecule has 0 atom stereocenters. The SMILES string of the molecule is N#C[O-].N#C[O-].N#C[O-].N#C[O-].N#C[O-].[Fe+2].[K+].[Mn+2]. The monoisotopic (exact) mass is 360 g/mol. The summed E-state index contributed by atoms with van der Waals surface area (Å²) < 4.78 is 0. The first-order valence-electron chi connectivity index (χ1n) is 2.14. The van der Waals surface area contributed by atoms with Crippen LogP contribution in [-0.4, -0.2) is 0 Å². The average molecular weight is 360 g/mol. The molecule has 0 N–H and O–H groups in total. The fraction of sp³-hybridized carbons (Fsp3) is 0. The minimum Gasteiger partial charge on any atom is -0.812 e. The molecule has 18 heavy (non-hydrogen) atoms. The first-order chi connectivity index (χ1) is 7.07. The molecule has 0 amide bonds. The van der Waals surface area contributed by atoms with Crippen LogP contribution in [0.5, 0.6) is 0 Å². The van der Waals surface area contributed by atoms with Crippen molar-refractivity contribution in [2.75, 3.05) is 0 Å². The third-order valence-electron chi connectivity index (χ3n) is 0. The van der Waals surface area contributed by atoms with E-state index in [0.29, 0.717) is 31.3 Å². The van der Waals surface area contributed by atoms with Crippen molar-refractivity contribution in [3.63, 3.8) is 0 Å². The molecule has 0 aliphatic rings. The molecule has 0 rings (SSSR count). The van der Waals surface area contributed by atoms with Crippen LogP contribution >= 0.6 is 0 Å². The molecule has 0 aromatic heterocycles. The van der Waals surface area contributed by atoms with Crippen LogP contribution in [0, 0.1) is 57.6 Å². The minimum atomic E-state index is 0. The van der Waals surface area contributed by atoms with Gasteiger partial charge in [0.1, 0.15) is 0 Å². The van der Waals surface area contributed by atoms with Gasteiger partial charge in [0.25, 0.3) is 0 Å². The van der Waals surface area contributed by atoms with Gasteiger partial charge in [-0.15, -0.1) is 0 Å². The zero-order valence-electron chi connectivity index (χ0n) is 8.51. The zero-order chi connectivity index (χ0) is 13.5. The van der Waals surface area contributed by atoms with E-state index in [9.17, 15) is 0 Å².